The second-order valence-electron chi connectivity index (χ2n) is 8.04. The predicted octanol–water partition coefficient (Wildman–Crippen LogP) is 2.23. The highest BCUT2D eigenvalue weighted by Gasteiger charge is 2.44. The molecule has 1 amide bonds. The SMILES string of the molecule is CN=C(NCCCN1CCCC(C(N)=O)C1)NCC1(c2cccc(F)c2)CC1.I. The Labute approximate surface area is 189 Å². The Morgan fingerprint density at radius 1 is 1.38 bits per heavy atom. The van der Waals surface area contributed by atoms with Crippen molar-refractivity contribution in [3.63, 3.8) is 0 Å². The van der Waals surface area contributed by atoms with Crippen LogP contribution in [0.25, 0.3) is 0 Å². The normalized spacial score (nSPS) is 21.2. The summed E-state index contributed by atoms with van der Waals surface area (Å²) in [4.78, 5) is 18.0. The van der Waals surface area contributed by atoms with Crippen LogP contribution < -0.4 is 16.4 Å². The van der Waals surface area contributed by atoms with Gasteiger partial charge >= 0.3 is 0 Å². The summed E-state index contributed by atoms with van der Waals surface area (Å²) in [5.41, 5.74) is 6.53. The van der Waals surface area contributed by atoms with Crippen molar-refractivity contribution in [2.24, 2.45) is 16.6 Å². The van der Waals surface area contributed by atoms with Gasteiger partial charge in [-0.15, -0.1) is 24.0 Å². The number of benzene rings is 1. The third kappa shape index (κ3) is 6.80. The van der Waals surface area contributed by atoms with Crippen LogP contribution in [0.1, 0.15) is 37.7 Å². The number of carbonyl (C=O) groups excluding carboxylic acids is 1. The van der Waals surface area contributed by atoms with Crippen molar-refractivity contribution in [3.05, 3.63) is 35.6 Å². The number of aliphatic imine (C=N–C) groups is 1. The summed E-state index contributed by atoms with van der Waals surface area (Å²) in [5, 5.41) is 6.74. The Hall–Kier alpha value is -1.42. The van der Waals surface area contributed by atoms with E-state index >= 15 is 0 Å². The third-order valence-corrected chi connectivity index (χ3v) is 5.96. The van der Waals surface area contributed by atoms with E-state index in [1.807, 2.05) is 6.07 Å². The number of primary amides is 1. The first kappa shape index (κ1) is 23.9. The number of hydrogen-bond donors (Lipinski definition) is 3. The van der Waals surface area contributed by atoms with Crippen LogP contribution in [0.4, 0.5) is 4.39 Å². The van der Waals surface area contributed by atoms with Crippen LogP contribution in [0.15, 0.2) is 29.3 Å². The molecule has 1 aliphatic carbocycles. The number of likely N-dealkylation sites (tertiary alicyclic amines) is 1. The van der Waals surface area contributed by atoms with Gasteiger partial charge in [0.15, 0.2) is 5.96 Å². The minimum absolute atomic E-state index is 0. The lowest BCUT2D eigenvalue weighted by Gasteiger charge is -2.31. The summed E-state index contributed by atoms with van der Waals surface area (Å²) in [5.74, 6) is 0.410. The van der Waals surface area contributed by atoms with Gasteiger partial charge < -0.3 is 21.3 Å². The summed E-state index contributed by atoms with van der Waals surface area (Å²) in [6, 6.07) is 6.91. The summed E-state index contributed by atoms with van der Waals surface area (Å²) >= 11 is 0. The van der Waals surface area contributed by atoms with Crippen LogP contribution in [0, 0.1) is 11.7 Å². The number of halogens is 2. The van der Waals surface area contributed by atoms with Crippen molar-refractivity contribution in [1.82, 2.24) is 15.5 Å². The van der Waals surface area contributed by atoms with Crippen LogP contribution in [0.5, 0.6) is 0 Å². The molecule has 2 aliphatic rings. The van der Waals surface area contributed by atoms with Crippen LogP contribution in [-0.4, -0.2) is 56.5 Å². The lowest BCUT2D eigenvalue weighted by molar-refractivity contribution is -0.123. The number of rotatable bonds is 8. The van der Waals surface area contributed by atoms with Crippen molar-refractivity contribution in [1.29, 1.82) is 0 Å². The van der Waals surface area contributed by atoms with E-state index in [2.05, 4.69) is 20.5 Å². The Morgan fingerprint density at radius 3 is 2.83 bits per heavy atom. The summed E-state index contributed by atoms with van der Waals surface area (Å²) < 4.78 is 13.5. The molecule has 1 aromatic rings. The van der Waals surface area contributed by atoms with E-state index in [4.69, 9.17) is 5.73 Å². The van der Waals surface area contributed by atoms with Crippen molar-refractivity contribution < 1.29 is 9.18 Å². The highest BCUT2D eigenvalue weighted by atomic mass is 127. The fraction of sp³-hybridized carbons (Fsp3) is 0.619. The topological polar surface area (TPSA) is 82.8 Å². The predicted molar refractivity (Wildman–Crippen MR) is 125 cm³/mol. The highest BCUT2D eigenvalue weighted by molar-refractivity contribution is 14.0. The van der Waals surface area contributed by atoms with Gasteiger partial charge in [0.2, 0.25) is 5.91 Å². The average Bonchev–Trinajstić information content (AvgIpc) is 3.49. The molecule has 6 nitrogen and oxygen atoms in total. The summed E-state index contributed by atoms with van der Waals surface area (Å²) in [6.07, 6.45) is 5.05. The zero-order valence-corrected chi connectivity index (χ0v) is 19.5. The van der Waals surface area contributed by atoms with E-state index in [9.17, 15) is 9.18 Å². The zero-order chi connectivity index (χ0) is 20.0. The lowest BCUT2D eigenvalue weighted by atomic mass is 9.96. The molecule has 1 heterocycles. The molecule has 1 atom stereocenters. The van der Waals surface area contributed by atoms with Gasteiger partial charge in [-0.05, 0) is 62.9 Å². The Morgan fingerprint density at radius 2 is 2.17 bits per heavy atom. The van der Waals surface area contributed by atoms with Crippen LogP contribution in [0.3, 0.4) is 0 Å². The molecule has 1 aliphatic heterocycles. The van der Waals surface area contributed by atoms with E-state index in [-0.39, 0.29) is 47.0 Å². The Bertz CT molecular complexity index is 710. The molecule has 1 saturated heterocycles. The summed E-state index contributed by atoms with van der Waals surface area (Å²) in [6.45, 7) is 4.32. The standard InChI is InChI=1S/C21H32FN5O.HI/c1-24-20(25-10-4-12-27-11-3-5-16(14-27)19(23)28)26-15-21(8-9-21)17-6-2-7-18(22)13-17;/h2,6-7,13,16H,3-5,8-12,14-15H2,1H3,(H2,23,28)(H2,24,25,26);1H. The maximum absolute atomic E-state index is 13.5. The fourth-order valence-electron chi connectivity index (χ4n) is 4.01. The molecule has 8 heteroatoms. The minimum Gasteiger partial charge on any atom is -0.369 e. The molecule has 29 heavy (non-hydrogen) atoms. The number of nitrogens with zero attached hydrogens (tertiary/aromatic N) is 2. The van der Waals surface area contributed by atoms with Crippen LogP contribution >= 0.6 is 24.0 Å². The largest absolute Gasteiger partial charge is 0.369 e. The first-order chi connectivity index (χ1) is 13.5. The molecule has 162 valence electrons. The average molecular weight is 517 g/mol. The smallest absolute Gasteiger partial charge is 0.221 e. The van der Waals surface area contributed by atoms with Gasteiger partial charge in [-0.3, -0.25) is 9.79 Å². The molecule has 1 aromatic carbocycles. The van der Waals surface area contributed by atoms with Crippen molar-refractivity contribution in [2.75, 3.05) is 39.8 Å². The van der Waals surface area contributed by atoms with E-state index in [1.165, 1.54) is 6.07 Å². The van der Waals surface area contributed by atoms with Crippen molar-refractivity contribution >= 4 is 35.8 Å². The van der Waals surface area contributed by atoms with Gasteiger partial charge in [0.25, 0.3) is 0 Å². The molecule has 0 bridgehead atoms. The monoisotopic (exact) mass is 517 g/mol. The first-order valence-electron chi connectivity index (χ1n) is 10.2. The van der Waals surface area contributed by atoms with Gasteiger partial charge in [0, 0.05) is 32.1 Å². The molecule has 3 rings (SSSR count). The molecule has 4 N–H and O–H groups in total. The molecule has 0 radical (unpaired) electrons. The number of carbonyl (C=O) groups is 1. The number of nitrogens with two attached hydrogens (primary N) is 1. The van der Waals surface area contributed by atoms with Gasteiger partial charge in [-0.2, -0.15) is 0 Å². The van der Waals surface area contributed by atoms with E-state index in [0.29, 0.717) is 0 Å². The molecule has 2 fully saturated rings. The quantitative estimate of drug-likeness (QED) is 0.214. The lowest BCUT2D eigenvalue weighted by Crippen LogP contribution is -2.44. The van der Waals surface area contributed by atoms with Crippen molar-refractivity contribution in [2.45, 2.75) is 37.5 Å². The number of piperidine rings is 1. The molecule has 1 saturated carbocycles. The Kier molecular flexibility index (Phi) is 9.13. The molecule has 0 aromatic heterocycles. The number of amides is 1. The second kappa shape index (κ2) is 11.1. The van der Waals surface area contributed by atoms with Gasteiger partial charge in [0.1, 0.15) is 5.82 Å². The van der Waals surface area contributed by atoms with Crippen LogP contribution in [0.2, 0.25) is 0 Å². The van der Waals surface area contributed by atoms with Crippen molar-refractivity contribution in [3.8, 4) is 0 Å². The van der Waals surface area contributed by atoms with E-state index in [0.717, 1.165) is 76.4 Å². The van der Waals surface area contributed by atoms with E-state index < -0.39 is 0 Å². The molecule has 1 unspecified atom stereocenters. The highest BCUT2D eigenvalue weighted by Crippen LogP contribution is 2.47. The second-order valence-corrected chi connectivity index (χ2v) is 8.04. The van der Waals surface area contributed by atoms with Gasteiger partial charge in [0.05, 0.1) is 5.92 Å². The van der Waals surface area contributed by atoms with Crippen LogP contribution in [-0.2, 0) is 10.2 Å². The van der Waals surface area contributed by atoms with Gasteiger partial charge in [-0.25, -0.2) is 4.39 Å². The first-order valence-corrected chi connectivity index (χ1v) is 10.2. The summed E-state index contributed by atoms with van der Waals surface area (Å²) in [7, 11) is 1.76. The number of hydrogen-bond acceptors (Lipinski definition) is 3. The molecule has 0 spiro atoms. The minimum atomic E-state index is -0.181. The zero-order valence-electron chi connectivity index (χ0n) is 17.1. The maximum atomic E-state index is 13.5. The third-order valence-electron chi connectivity index (χ3n) is 5.96. The maximum Gasteiger partial charge on any atom is 0.221 e. The molecular weight excluding hydrogens is 484 g/mol. The van der Waals surface area contributed by atoms with E-state index in [1.54, 1.807) is 19.2 Å². The Balaban J connectivity index is 0.00000300. The fourth-order valence-corrected chi connectivity index (χ4v) is 4.01. The number of guanidine groups is 1. The number of nitrogens with one attached hydrogen (secondary N) is 2. The van der Waals surface area contributed by atoms with Gasteiger partial charge in [-0.1, -0.05) is 12.1 Å². The molecular formula is C21H33FIN5O.